The Kier molecular flexibility index (Phi) is 3.37. The molecule has 0 atom stereocenters. The van der Waals surface area contributed by atoms with Gasteiger partial charge in [-0.25, -0.2) is 0 Å². The van der Waals surface area contributed by atoms with E-state index in [0.29, 0.717) is 6.04 Å². The van der Waals surface area contributed by atoms with Crippen molar-refractivity contribution >= 4 is 39.8 Å². The Bertz CT molecular complexity index is 512. The summed E-state index contributed by atoms with van der Waals surface area (Å²) in [6.45, 7) is 0. The van der Waals surface area contributed by atoms with Crippen LogP contribution in [0.4, 0.5) is 0 Å². The lowest BCUT2D eigenvalue weighted by Gasteiger charge is -2.56. The molecule has 0 aromatic carbocycles. The monoisotopic (exact) mass is 401 g/mol. The van der Waals surface area contributed by atoms with Crippen molar-refractivity contribution in [1.82, 2.24) is 4.90 Å². The summed E-state index contributed by atoms with van der Waals surface area (Å²) in [5.41, 5.74) is 0.885. The third-order valence-corrected chi connectivity index (χ3v) is 7.55. The SMILES string of the molecule is CN(C(=O)c1csc(I)c1)C1C2CC3CC(C2)CC1C3. The summed E-state index contributed by atoms with van der Waals surface area (Å²) in [7, 11) is 2.04. The molecule has 4 saturated carbocycles. The normalized spacial score (nSPS) is 38.2. The number of hydrogen-bond acceptors (Lipinski definition) is 2. The van der Waals surface area contributed by atoms with Crippen molar-refractivity contribution in [1.29, 1.82) is 0 Å². The molecule has 4 heteroatoms. The largest absolute Gasteiger partial charge is 0.338 e. The molecule has 2 nitrogen and oxygen atoms in total. The van der Waals surface area contributed by atoms with Crippen LogP contribution in [0, 0.1) is 26.6 Å². The highest BCUT2D eigenvalue weighted by atomic mass is 127. The molecule has 0 spiro atoms. The smallest absolute Gasteiger partial charge is 0.254 e. The maximum atomic E-state index is 12.7. The van der Waals surface area contributed by atoms with Crippen LogP contribution >= 0.6 is 33.9 Å². The van der Waals surface area contributed by atoms with E-state index in [4.69, 9.17) is 0 Å². The summed E-state index contributed by atoms with van der Waals surface area (Å²) in [4.78, 5) is 14.8. The summed E-state index contributed by atoms with van der Waals surface area (Å²) in [5.74, 6) is 3.73. The lowest BCUT2D eigenvalue weighted by Crippen LogP contribution is -2.56. The van der Waals surface area contributed by atoms with E-state index in [2.05, 4.69) is 27.5 Å². The van der Waals surface area contributed by atoms with Crippen molar-refractivity contribution in [2.45, 2.75) is 38.1 Å². The van der Waals surface area contributed by atoms with Crippen LogP contribution in [-0.2, 0) is 0 Å². The lowest BCUT2D eigenvalue weighted by atomic mass is 9.54. The number of rotatable bonds is 2. The Balaban J connectivity index is 1.56. The van der Waals surface area contributed by atoms with E-state index in [-0.39, 0.29) is 5.91 Å². The molecule has 1 aromatic heterocycles. The zero-order valence-corrected chi connectivity index (χ0v) is 14.7. The average molecular weight is 401 g/mol. The molecule has 0 aliphatic heterocycles. The highest BCUT2D eigenvalue weighted by Crippen LogP contribution is 2.55. The molecule has 0 unspecified atom stereocenters. The number of hydrogen-bond donors (Lipinski definition) is 0. The number of halogens is 1. The van der Waals surface area contributed by atoms with E-state index >= 15 is 0 Å². The second kappa shape index (κ2) is 4.97. The lowest BCUT2D eigenvalue weighted by molar-refractivity contribution is -0.0490. The number of carbonyl (C=O) groups is 1. The molecule has 20 heavy (non-hydrogen) atoms. The van der Waals surface area contributed by atoms with Crippen LogP contribution in [0.3, 0.4) is 0 Å². The third kappa shape index (κ3) is 2.14. The van der Waals surface area contributed by atoms with E-state index < -0.39 is 0 Å². The van der Waals surface area contributed by atoms with E-state index in [1.54, 1.807) is 11.3 Å². The van der Waals surface area contributed by atoms with Crippen molar-refractivity contribution in [3.63, 3.8) is 0 Å². The number of amides is 1. The van der Waals surface area contributed by atoms with Crippen LogP contribution in [0.1, 0.15) is 42.5 Å². The Morgan fingerprint density at radius 1 is 1.20 bits per heavy atom. The van der Waals surface area contributed by atoms with Crippen molar-refractivity contribution in [3.8, 4) is 0 Å². The summed E-state index contributed by atoms with van der Waals surface area (Å²) < 4.78 is 1.20. The number of nitrogens with zero attached hydrogens (tertiary/aromatic N) is 1. The van der Waals surface area contributed by atoms with Crippen LogP contribution < -0.4 is 0 Å². The molecule has 4 fully saturated rings. The zero-order chi connectivity index (χ0) is 13.9. The standard InChI is InChI=1S/C16H20INOS/c1-18(16(19)13-7-14(17)20-8-13)15-11-3-9-2-10(5-11)6-12(15)4-9/h7-12,15H,2-6H2,1H3. The molecule has 0 N–H and O–H groups in total. The van der Waals surface area contributed by atoms with Crippen LogP contribution in [0.5, 0.6) is 0 Å². The molecule has 5 rings (SSSR count). The first-order valence-electron chi connectivity index (χ1n) is 7.63. The van der Waals surface area contributed by atoms with Crippen LogP contribution in [0.25, 0.3) is 0 Å². The van der Waals surface area contributed by atoms with E-state index in [1.807, 2.05) is 18.5 Å². The topological polar surface area (TPSA) is 20.3 Å². The molecule has 4 aliphatic rings. The van der Waals surface area contributed by atoms with E-state index in [0.717, 1.165) is 29.2 Å². The fourth-order valence-electron chi connectivity index (χ4n) is 5.29. The predicted molar refractivity (Wildman–Crippen MR) is 90.0 cm³/mol. The molecular formula is C16H20INOS. The molecule has 1 aromatic rings. The van der Waals surface area contributed by atoms with Crippen molar-refractivity contribution in [2.24, 2.45) is 23.7 Å². The van der Waals surface area contributed by atoms with Gasteiger partial charge in [0, 0.05) is 18.5 Å². The molecule has 4 aliphatic carbocycles. The van der Waals surface area contributed by atoms with E-state index in [9.17, 15) is 4.79 Å². The quantitative estimate of drug-likeness (QED) is 0.679. The van der Waals surface area contributed by atoms with Gasteiger partial charge in [-0.2, -0.15) is 0 Å². The van der Waals surface area contributed by atoms with Crippen LogP contribution in [-0.4, -0.2) is 23.9 Å². The minimum absolute atomic E-state index is 0.238. The van der Waals surface area contributed by atoms with Gasteiger partial charge in [0.2, 0.25) is 0 Å². The summed E-state index contributed by atoms with van der Waals surface area (Å²) >= 11 is 3.96. The van der Waals surface area contributed by atoms with Gasteiger partial charge >= 0.3 is 0 Å². The molecule has 0 radical (unpaired) electrons. The van der Waals surface area contributed by atoms with Gasteiger partial charge in [-0.15, -0.1) is 11.3 Å². The van der Waals surface area contributed by atoms with Gasteiger partial charge in [-0.1, -0.05) is 0 Å². The minimum Gasteiger partial charge on any atom is -0.338 e. The number of thiophene rings is 1. The first-order chi connectivity index (χ1) is 9.61. The van der Waals surface area contributed by atoms with Crippen molar-refractivity contribution < 1.29 is 4.79 Å². The number of carbonyl (C=O) groups excluding carboxylic acids is 1. The highest BCUT2D eigenvalue weighted by Gasteiger charge is 2.50. The Hall–Kier alpha value is -0.100. The van der Waals surface area contributed by atoms with Gasteiger partial charge in [-0.3, -0.25) is 4.79 Å². The third-order valence-electron chi connectivity index (χ3n) is 5.76. The average Bonchev–Trinajstić information content (AvgIpc) is 2.83. The fraction of sp³-hybridized carbons (Fsp3) is 0.688. The zero-order valence-electron chi connectivity index (χ0n) is 11.7. The molecule has 1 amide bonds. The summed E-state index contributed by atoms with van der Waals surface area (Å²) in [6.07, 6.45) is 6.96. The molecule has 1 heterocycles. The molecule has 0 saturated heterocycles. The van der Waals surface area contributed by atoms with Crippen molar-refractivity contribution in [3.05, 3.63) is 19.9 Å². The van der Waals surface area contributed by atoms with E-state index in [1.165, 1.54) is 35.0 Å². The summed E-state index contributed by atoms with van der Waals surface area (Å²) in [6, 6.07) is 2.54. The maximum Gasteiger partial charge on any atom is 0.254 e. The predicted octanol–water partition coefficient (Wildman–Crippen LogP) is 4.25. The Morgan fingerprint density at radius 3 is 2.30 bits per heavy atom. The van der Waals surface area contributed by atoms with Crippen LogP contribution in [0.15, 0.2) is 11.4 Å². The van der Waals surface area contributed by atoms with Gasteiger partial charge in [-0.05, 0) is 84.4 Å². The Labute approximate surface area is 138 Å². The van der Waals surface area contributed by atoms with Gasteiger partial charge in [0.15, 0.2) is 0 Å². The molecule has 108 valence electrons. The first kappa shape index (κ1) is 13.6. The second-order valence-corrected chi connectivity index (χ2v) is 9.78. The molecule has 4 bridgehead atoms. The van der Waals surface area contributed by atoms with Crippen LogP contribution in [0.2, 0.25) is 0 Å². The Morgan fingerprint density at radius 2 is 1.80 bits per heavy atom. The first-order valence-corrected chi connectivity index (χ1v) is 9.59. The molecular weight excluding hydrogens is 381 g/mol. The fourth-order valence-corrected chi connectivity index (χ4v) is 6.61. The van der Waals surface area contributed by atoms with Gasteiger partial charge in [0.25, 0.3) is 5.91 Å². The van der Waals surface area contributed by atoms with Crippen molar-refractivity contribution in [2.75, 3.05) is 7.05 Å². The minimum atomic E-state index is 0.238. The van der Waals surface area contributed by atoms with Gasteiger partial charge < -0.3 is 4.90 Å². The van der Waals surface area contributed by atoms with Gasteiger partial charge in [0.1, 0.15) is 0 Å². The second-order valence-electron chi connectivity index (χ2n) is 6.98. The highest BCUT2D eigenvalue weighted by molar-refractivity contribution is 14.1. The maximum absolute atomic E-state index is 12.7. The van der Waals surface area contributed by atoms with Gasteiger partial charge in [0.05, 0.1) is 8.45 Å². The summed E-state index contributed by atoms with van der Waals surface area (Å²) in [5, 5.41) is 2.01.